The molecule has 0 bridgehead atoms. The molecule has 1 saturated carbocycles. The van der Waals surface area contributed by atoms with Crippen LogP contribution in [0.25, 0.3) is 0 Å². The Labute approximate surface area is 157 Å². The molecule has 0 spiro atoms. The van der Waals surface area contributed by atoms with Crippen molar-refractivity contribution in [3.63, 3.8) is 0 Å². The molecule has 0 heterocycles. The van der Waals surface area contributed by atoms with E-state index in [1.54, 1.807) is 13.0 Å². The van der Waals surface area contributed by atoms with Crippen molar-refractivity contribution < 1.29 is 24.0 Å². The minimum atomic E-state index is -0.722. The van der Waals surface area contributed by atoms with Gasteiger partial charge < -0.3 is 10.1 Å². The number of hydrogen-bond acceptors (Lipinski definition) is 6. The summed E-state index contributed by atoms with van der Waals surface area (Å²) < 4.78 is 4.97. The zero-order valence-corrected chi connectivity index (χ0v) is 15.7. The predicted molar refractivity (Wildman–Crippen MR) is 97.8 cm³/mol. The lowest BCUT2D eigenvalue weighted by Crippen LogP contribution is -2.28. The van der Waals surface area contributed by atoms with Crippen LogP contribution in [0, 0.1) is 41.7 Å². The topological polar surface area (TPSA) is 116 Å². The van der Waals surface area contributed by atoms with Gasteiger partial charge >= 0.3 is 5.97 Å². The number of ketones is 1. The number of nitrogens with zero attached hydrogens (tertiary/aromatic N) is 1. The minimum Gasteiger partial charge on any atom is -0.456 e. The lowest BCUT2D eigenvalue weighted by atomic mass is 9.88. The summed E-state index contributed by atoms with van der Waals surface area (Å²) in [6.07, 6.45) is -0.0117. The van der Waals surface area contributed by atoms with Crippen LogP contribution >= 0.6 is 0 Å². The second kappa shape index (κ2) is 8.75. The van der Waals surface area contributed by atoms with Gasteiger partial charge in [-0.3, -0.25) is 24.5 Å². The predicted octanol–water partition coefficient (Wildman–Crippen LogP) is 2.29. The Bertz CT molecular complexity index is 761. The van der Waals surface area contributed by atoms with E-state index in [-0.39, 0.29) is 31.1 Å². The Hall–Kier alpha value is -2.77. The third-order valence-corrected chi connectivity index (χ3v) is 4.95. The highest BCUT2D eigenvalue weighted by atomic mass is 16.6. The van der Waals surface area contributed by atoms with Gasteiger partial charge in [0.25, 0.3) is 5.91 Å². The zero-order valence-electron chi connectivity index (χ0n) is 15.7. The number of nitrogens with one attached hydrogen (secondary N) is 1. The molecule has 0 radical (unpaired) electrons. The Kier molecular flexibility index (Phi) is 6.65. The number of esters is 1. The number of Topliss-reactive ketones (excluding diaryl/α,β-unsaturated/α-hetero) is 1. The van der Waals surface area contributed by atoms with Gasteiger partial charge in [0.05, 0.1) is 6.42 Å². The number of amides is 1. The van der Waals surface area contributed by atoms with Crippen molar-refractivity contribution in [1.29, 1.82) is 0 Å². The van der Waals surface area contributed by atoms with Crippen molar-refractivity contribution in [2.75, 3.05) is 18.5 Å². The van der Waals surface area contributed by atoms with Gasteiger partial charge in [0.1, 0.15) is 5.78 Å². The maximum absolute atomic E-state index is 12.0. The van der Waals surface area contributed by atoms with Crippen molar-refractivity contribution in [3.8, 4) is 0 Å². The van der Waals surface area contributed by atoms with E-state index < -0.39 is 35.2 Å². The van der Waals surface area contributed by atoms with Gasteiger partial charge in [0.15, 0.2) is 6.61 Å². The summed E-state index contributed by atoms with van der Waals surface area (Å²) in [7, 11) is 0. The first-order valence-electron chi connectivity index (χ1n) is 8.84. The second-order valence-corrected chi connectivity index (χ2v) is 7.16. The molecular formula is C19H24N2O6. The van der Waals surface area contributed by atoms with Gasteiger partial charge in [-0.15, -0.1) is 0 Å². The number of nitro groups is 1. The number of carbonyl (C=O) groups excluding carboxylic acids is 3. The minimum absolute atomic E-state index is 0.145. The average Bonchev–Trinajstić information content (AvgIpc) is 2.82. The smallest absolute Gasteiger partial charge is 0.307 e. The number of ether oxygens (including phenoxy) is 1. The summed E-state index contributed by atoms with van der Waals surface area (Å²) in [5.41, 5.74) is 2.59. The van der Waals surface area contributed by atoms with Crippen LogP contribution in [-0.4, -0.2) is 35.7 Å². The summed E-state index contributed by atoms with van der Waals surface area (Å²) >= 11 is 0. The molecule has 146 valence electrons. The molecule has 3 atom stereocenters. The van der Waals surface area contributed by atoms with E-state index in [0.717, 1.165) is 11.1 Å². The first-order chi connectivity index (χ1) is 12.7. The Morgan fingerprint density at radius 1 is 1.33 bits per heavy atom. The zero-order chi connectivity index (χ0) is 20.1. The fraction of sp³-hybridized carbons (Fsp3) is 0.526. The third kappa shape index (κ3) is 5.60. The number of benzene rings is 1. The largest absolute Gasteiger partial charge is 0.456 e. The second-order valence-electron chi connectivity index (χ2n) is 7.16. The van der Waals surface area contributed by atoms with Crippen LogP contribution in [0.2, 0.25) is 0 Å². The fourth-order valence-corrected chi connectivity index (χ4v) is 3.52. The summed E-state index contributed by atoms with van der Waals surface area (Å²) in [6, 6.07) is 5.55. The van der Waals surface area contributed by atoms with Crippen molar-refractivity contribution >= 4 is 23.3 Å². The van der Waals surface area contributed by atoms with E-state index in [0.29, 0.717) is 5.69 Å². The van der Waals surface area contributed by atoms with Crippen LogP contribution in [0.15, 0.2) is 18.2 Å². The van der Waals surface area contributed by atoms with E-state index in [9.17, 15) is 24.5 Å². The SMILES string of the molecule is Cc1ccc(NC(=O)COC(=O)C[C@H]2C(=O)C[C@@H](C)[C@H]2C[N+](=O)[O-])c(C)c1. The molecule has 8 heteroatoms. The van der Waals surface area contributed by atoms with Gasteiger partial charge in [-0.2, -0.15) is 0 Å². The summed E-state index contributed by atoms with van der Waals surface area (Å²) in [4.78, 5) is 46.4. The quantitative estimate of drug-likeness (QED) is 0.443. The maximum Gasteiger partial charge on any atom is 0.307 e. The first-order valence-corrected chi connectivity index (χ1v) is 8.84. The maximum atomic E-state index is 12.0. The van der Waals surface area contributed by atoms with Crippen molar-refractivity contribution in [1.82, 2.24) is 0 Å². The molecule has 1 amide bonds. The normalized spacial score (nSPS) is 21.7. The average molecular weight is 376 g/mol. The fourth-order valence-electron chi connectivity index (χ4n) is 3.52. The first kappa shape index (κ1) is 20.5. The number of aryl methyl sites for hydroxylation is 2. The van der Waals surface area contributed by atoms with E-state index in [1.165, 1.54) is 0 Å². The third-order valence-electron chi connectivity index (χ3n) is 4.95. The van der Waals surface area contributed by atoms with Crippen LogP contribution in [0.4, 0.5) is 5.69 Å². The highest BCUT2D eigenvalue weighted by Crippen LogP contribution is 2.36. The molecule has 1 aliphatic carbocycles. The van der Waals surface area contributed by atoms with Crippen LogP contribution in [0.5, 0.6) is 0 Å². The van der Waals surface area contributed by atoms with Gasteiger partial charge in [0.2, 0.25) is 6.54 Å². The Morgan fingerprint density at radius 2 is 2.04 bits per heavy atom. The molecule has 0 aromatic heterocycles. The van der Waals surface area contributed by atoms with E-state index in [4.69, 9.17) is 4.74 Å². The van der Waals surface area contributed by atoms with Crippen LogP contribution in [-0.2, 0) is 19.1 Å². The van der Waals surface area contributed by atoms with E-state index >= 15 is 0 Å². The van der Waals surface area contributed by atoms with Crippen molar-refractivity contribution in [2.24, 2.45) is 17.8 Å². The lowest BCUT2D eigenvalue weighted by Gasteiger charge is -2.17. The Morgan fingerprint density at radius 3 is 2.67 bits per heavy atom. The summed E-state index contributed by atoms with van der Waals surface area (Å²) in [5, 5.41) is 13.5. The molecule has 0 saturated heterocycles. The molecule has 1 aliphatic rings. The van der Waals surface area contributed by atoms with E-state index in [1.807, 2.05) is 26.0 Å². The van der Waals surface area contributed by atoms with Crippen molar-refractivity contribution in [3.05, 3.63) is 39.4 Å². The van der Waals surface area contributed by atoms with Crippen molar-refractivity contribution in [2.45, 2.75) is 33.6 Å². The Balaban J connectivity index is 1.86. The van der Waals surface area contributed by atoms with Crippen LogP contribution < -0.4 is 5.32 Å². The van der Waals surface area contributed by atoms with Gasteiger partial charge in [-0.25, -0.2) is 0 Å². The molecule has 1 aromatic carbocycles. The molecule has 27 heavy (non-hydrogen) atoms. The van der Waals surface area contributed by atoms with Crippen LogP contribution in [0.3, 0.4) is 0 Å². The molecule has 0 unspecified atom stereocenters. The van der Waals surface area contributed by atoms with E-state index in [2.05, 4.69) is 5.32 Å². The molecule has 2 rings (SSSR count). The molecule has 0 aliphatic heterocycles. The number of hydrogen-bond donors (Lipinski definition) is 1. The molecule has 1 N–H and O–H groups in total. The van der Waals surface area contributed by atoms with Gasteiger partial charge in [-0.1, -0.05) is 24.6 Å². The summed E-state index contributed by atoms with van der Waals surface area (Å²) in [5.74, 6) is -2.70. The molecule has 1 fully saturated rings. The lowest BCUT2D eigenvalue weighted by molar-refractivity contribution is -0.490. The standard InChI is InChI=1S/C19H24N2O6/c1-11-4-5-16(13(3)6-11)20-18(23)10-27-19(24)8-14-15(9-21(25)26)12(2)7-17(14)22/h4-6,12,14-15H,7-10H2,1-3H3,(H,20,23)/t12-,14-,15-/m1/s1. The number of rotatable bonds is 7. The highest BCUT2D eigenvalue weighted by Gasteiger charge is 2.44. The van der Waals surface area contributed by atoms with Gasteiger partial charge in [-0.05, 0) is 31.4 Å². The molecular weight excluding hydrogens is 352 g/mol. The van der Waals surface area contributed by atoms with Gasteiger partial charge in [0, 0.05) is 28.9 Å². The molecule has 8 nitrogen and oxygen atoms in total. The number of carbonyl (C=O) groups is 3. The summed E-state index contributed by atoms with van der Waals surface area (Å²) in [6.45, 7) is 4.75. The van der Waals surface area contributed by atoms with Crippen LogP contribution in [0.1, 0.15) is 30.9 Å². The highest BCUT2D eigenvalue weighted by molar-refractivity contribution is 5.94. The molecule has 1 aromatic rings. The number of anilines is 1. The monoisotopic (exact) mass is 376 g/mol.